The van der Waals surface area contributed by atoms with Gasteiger partial charge in [-0.15, -0.1) is 0 Å². The van der Waals surface area contributed by atoms with E-state index in [1.807, 2.05) is 0 Å². The molecule has 0 aromatic carbocycles. The van der Waals surface area contributed by atoms with E-state index in [4.69, 9.17) is 0 Å². The predicted octanol–water partition coefficient (Wildman–Crippen LogP) is -1.19. The first-order valence-corrected chi connectivity index (χ1v) is 0. The molecule has 0 heterocycles. The first-order valence-electron chi connectivity index (χ1n) is 0. The molecule has 0 atom stereocenters. The first-order chi connectivity index (χ1) is 0. The summed E-state index contributed by atoms with van der Waals surface area (Å²) in [6.45, 7) is 0. The van der Waals surface area contributed by atoms with Gasteiger partial charge in [-0.3, -0.25) is 0 Å². The second-order valence-corrected chi connectivity index (χ2v) is 0. The molecular weight excluding hydrogens is 239 g/mol. The summed E-state index contributed by atoms with van der Waals surface area (Å²) in [5, 5.41) is 0. The zero-order valence-corrected chi connectivity index (χ0v) is 4.32. The average Bonchev–Trinajstić information content (AvgIpc) is 0. The minimum Gasteiger partial charge on any atom is 0 e. The maximum atomic E-state index is 0. The van der Waals surface area contributed by atoms with Crippen molar-refractivity contribution in [2.45, 2.75) is 0 Å². The Morgan fingerprint density at radius 1 is 1.00 bits per heavy atom. The normalized spacial score (nSPS) is 0. The molecule has 0 aromatic heterocycles. The summed E-state index contributed by atoms with van der Waals surface area (Å²) in [6.07, 6.45) is 0. The molecule has 0 saturated carbocycles. The van der Waals surface area contributed by atoms with E-state index in [-0.39, 0.29) is 70.4 Å². The van der Waals surface area contributed by atoms with Crippen LogP contribution in [-0.2, 0) is 50.6 Å². The van der Waals surface area contributed by atoms with Crippen LogP contribution in [0.2, 0.25) is 0 Å². The molecule has 4 heteroatoms. The third-order valence-corrected chi connectivity index (χ3v) is 0. The summed E-state index contributed by atoms with van der Waals surface area (Å²) in [6, 6.07) is 0. The molecule has 0 nitrogen and oxygen atoms in total. The van der Waals surface area contributed by atoms with Crippen molar-refractivity contribution < 1.29 is 50.6 Å². The molecule has 1 radical (unpaired) electrons. The zero-order valence-electron chi connectivity index (χ0n) is 1.05. The van der Waals surface area contributed by atoms with Crippen LogP contribution in [0.15, 0.2) is 0 Å². The molecule has 31 valence electrons. The average molecular weight is 242 g/mol. The van der Waals surface area contributed by atoms with Crippen LogP contribution in [0.3, 0.4) is 0 Å². The Balaban J connectivity index is 0. The Bertz CT molecular complexity index is 8.00. The quantitative estimate of drug-likeness (QED) is 0.469. The maximum absolute atomic E-state index is 0. The molecule has 0 aliphatic carbocycles. The molecule has 0 rings (SSSR count). The minimum absolute atomic E-state index is 0. The number of rotatable bonds is 0. The van der Waals surface area contributed by atoms with Gasteiger partial charge in [-0.2, -0.15) is 0 Å². The van der Waals surface area contributed by atoms with E-state index in [0.29, 0.717) is 0 Å². The number of hydrogen-bond acceptors (Lipinski definition) is 0. The van der Waals surface area contributed by atoms with E-state index in [0.717, 1.165) is 0 Å². The fourth-order valence-electron chi connectivity index (χ4n) is 0. The van der Waals surface area contributed by atoms with Gasteiger partial charge in [0.25, 0.3) is 0 Å². The molecule has 0 aromatic rings. The van der Waals surface area contributed by atoms with Crippen molar-refractivity contribution in [1.29, 1.82) is 0 Å². The standard InChI is InChI=1S/Fe.Ga.Mn.Ni.3H. The second-order valence-electron chi connectivity index (χ2n) is 0. The van der Waals surface area contributed by atoms with Crippen LogP contribution in [0, 0.1) is 0 Å². The topological polar surface area (TPSA) is 0 Å². The summed E-state index contributed by atoms with van der Waals surface area (Å²) >= 11 is 0. The van der Waals surface area contributed by atoms with Crippen LogP contribution < -0.4 is 0 Å². The molecule has 0 fully saturated rings. The van der Waals surface area contributed by atoms with Gasteiger partial charge in [-0.25, -0.2) is 0 Å². The monoisotopic (exact) mass is 241 g/mol. The van der Waals surface area contributed by atoms with Gasteiger partial charge in [0.15, 0.2) is 0 Å². The third kappa shape index (κ3) is 8.90. The van der Waals surface area contributed by atoms with Gasteiger partial charge in [0.05, 0.1) is 0 Å². The zero-order chi connectivity index (χ0) is 0. The van der Waals surface area contributed by atoms with Crippen molar-refractivity contribution in [3.63, 3.8) is 0 Å². The van der Waals surface area contributed by atoms with Gasteiger partial charge in [0.1, 0.15) is 0 Å². The van der Waals surface area contributed by atoms with Crippen LogP contribution in [-0.4, -0.2) is 19.8 Å². The molecule has 0 aliphatic rings. The summed E-state index contributed by atoms with van der Waals surface area (Å²) in [4.78, 5) is 0. The van der Waals surface area contributed by atoms with E-state index in [1.54, 1.807) is 0 Å². The van der Waals surface area contributed by atoms with Gasteiger partial charge < -0.3 is 0 Å². The van der Waals surface area contributed by atoms with E-state index < -0.39 is 0 Å². The van der Waals surface area contributed by atoms with Crippen LogP contribution in [0.25, 0.3) is 0 Å². The van der Waals surface area contributed by atoms with Crippen molar-refractivity contribution in [3.05, 3.63) is 0 Å². The molecule has 4 heavy (non-hydrogen) atoms. The van der Waals surface area contributed by atoms with Crippen molar-refractivity contribution in [2.75, 3.05) is 0 Å². The molecule has 0 saturated heterocycles. The van der Waals surface area contributed by atoms with Gasteiger partial charge >= 0.3 is 19.8 Å². The van der Waals surface area contributed by atoms with E-state index in [2.05, 4.69) is 0 Å². The van der Waals surface area contributed by atoms with E-state index in [9.17, 15) is 0 Å². The summed E-state index contributed by atoms with van der Waals surface area (Å²) < 4.78 is 0. The molecular formula is H3FeGaMnNi. The predicted molar refractivity (Wildman–Crippen MR) is 9.94 cm³/mol. The first kappa shape index (κ1) is 35.0. The minimum atomic E-state index is 0. The van der Waals surface area contributed by atoms with Crippen LogP contribution in [0.5, 0.6) is 0 Å². The molecule has 0 aliphatic heterocycles. The Kier molecular flexibility index (Phi) is 167. The van der Waals surface area contributed by atoms with Crippen molar-refractivity contribution in [2.24, 2.45) is 0 Å². The number of hydrogen-bond donors (Lipinski definition) is 0. The Labute approximate surface area is 69.8 Å². The summed E-state index contributed by atoms with van der Waals surface area (Å²) in [5.74, 6) is 0. The van der Waals surface area contributed by atoms with Crippen LogP contribution in [0.4, 0.5) is 0 Å². The van der Waals surface area contributed by atoms with E-state index >= 15 is 0 Å². The van der Waals surface area contributed by atoms with Crippen molar-refractivity contribution >= 4 is 19.8 Å². The Morgan fingerprint density at radius 2 is 1.00 bits per heavy atom. The largest absolute Gasteiger partial charge is 0 e. The van der Waals surface area contributed by atoms with Gasteiger partial charge in [0.2, 0.25) is 0 Å². The van der Waals surface area contributed by atoms with Gasteiger partial charge in [-0.05, 0) is 0 Å². The summed E-state index contributed by atoms with van der Waals surface area (Å²) in [7, 11) is 0. The van der Waals surface area contributed by atoms with Crippen molar-refractivity contribution in [3.8, 4) is 0 Å². The van der Waals surface area contributed by atoms with Gasteiger partial charge in [0, 0.05) is 50.6 Å². The maximum Gasteiger partial charge on any atom is 0 e. The fourth-order valence-corrected chi connectivity index (χ4v) is 0. The van der Waals surface area contributed by atoms with Crippen LogP contribution >= 0.6 is 0 Å². The molecule has 0 N–H and O–H groups in total. The van der Waals surface area contributed by atoms with Gasteiger partial charge in [-0.1, -0.05) is 0 Å². The third-order valence-electron chi connectivity index (χ3n) is 0. The van der Waals surface area contributed by atoms with Crippen molar-refractivity contribution in [1.82, 2.24) is 0 Å². The molecule has 0 spiro atoms. The Morgan fingerprint density at radius 3 is 1.00 bits per heavy atom. The van der Waals surface area contributed by atoms with E-state index in [1.165, 1.54) is 0 Å². The molecule has 0 bridgehead atoms. The van der Waals surface area contributed by atoms with Crippen LogP contribution in [0.1, 0.15) is 0 Å². The summed E-state index contributed by atoms with van der Waals surface area (Å²) in [5.41, 5.74) is 0. The SMILES string of the molecule is [Fe].[GaH3].[Mn].[Ni]. The fraction of sp³-hybridized carbons (Fsp3) is 0. The Hall–Kier alpha value is 2.17. The smallest absolute Gasteiger partial charge is 0 e. The molecule has 0 unspecified atom stereocenters. The molecule has 0 amide bonds. The second kappa shape index (κ2) is 19.1.